The molecule has 0 unspecified atom stereocenters. The topological polar surface area (TPSA) is 182 Å². The molecule has 1 atom stereocenters. The van der Waals surface area contributed by atoms with Crippen molar-refractivity contribution in [2.75, 3.05) is 67.6 Å². The summed E-state index contributed by atoms with van der Waals surface area (Å²) in [6.45, 7) is 9.68. The molecule has 1 aromatic carbocycles. The number of ether oxygens (including phenoxy) is 2. The van der Waals surface area contributed by atoms with Gasteiger partial charge in [0.05, 0.1) is 29.5 Å². The second-order valence-corrected chi connectivity index (χ2v) is 19.5. The SMILES string of the molecule is CCc1cnn2c(NCc3ccc(OCC4CCN(CC5CCN(c6ccc(C(=O)N[C@H]7CC[C@H](Oc8ccc(C#N)c(Cl)c8)CC7)nn6)CC5)CC4)nc3)cc(N3CCCC[C@H]3CCO)nc12. The van der Waals surface area contributed by atoms with Crippen molar-refractivity contribution >= 4 is 40.6 Å². The number of halogens is 1. The number of nitriles is 1. The maximum absolute atomic E-state index is 13.1. The standard InChI is InChI=1S/C51H65ClN12O4/c1-2-38-32-56-64-47(28-48(58-50(38)64)63-21-4-3-5-41(63)20-26-65)54-30-37-6-15-49(55-31-37)67-34-36-16-22-61(23-17-36)33-35-18-24-62(25-19-35)46-14-13-45(59-60-46)51(66)57-40-8-11-42(12-9-40)68-43-10-7-39(29-53)44(52)27-43/h6-7,10,13-15,27-28,31-32,35-36,40-42,54,65H,2-5,8-9,11-12,16-26,30,33-34H2,1H3,(H,57,66)/t40-,41-,42-/m0/s1. The Morgan fingerprint density at radius 2 is 1.72 bits per heavy atom. The number of aryl methyl sites for hydroxylation is 1. The van der Waals surface area contributed by atoms with Crippen LogP contribution in [0.15, 0.2) is 60.9 Å². The monoisotopic (exact) mass is 944 g/mol. The first kappa shape index (κ1) is 47.3. The molecular formula is C51H65ClN12O4. The van der Waals surface area contributed by atoms with E-state index in [1.54, 1.807) is 24.3 Å². The average Bonchev–Trinajstić information content (AvgIpc) is 3.80. The lowest BCUT2D eigenvalue weighted by atomic mass is 9.92. The predicted molar refractivity (Wildman–Crippen MR) is 263 cm³/mol. The zero-order valence-corrected chi connectivity index (χ0v) is 40.0. The largest absolute Gasteiger partial charge is 0.490 e. The first-order chi connectivity index (χ1) is 33.3. The van der Waals surface area contributed by atoms with Gasteiger partial charge in [0.15, 0.2) is 17.2 Å². The van der Waals surface area contributed by atoms with Crippen LogP contribution in [0.1, 0.15) is 111 Å². The number of likely N-dealkylation sites (tertiary alicyclic amines) is 1. The summed E-state index contributed by atoms with van der Waals surface area (Å²) in [4.78, 5) is 30.1. The Bertz CT molecular complexity index is 2470. The number of benzene rings is 1. The molecule has 1 aliphatic carbocycles. The van der Waals surface area contributed by atoms with Gasteiger partial charge >= 0.3 is 0 Å². The number of carbonyl (C=O) groups excluding carboxylic acids is 1. The smallest absolute Gasteiger partial charge is 0.272 e. The molecule has 3 N–H and O–H groups in total. The fourth-order valence-electron chi connectivity index (χ4n) is 10.4. The minimum Gasteiger partial charge on any atom is -0.490 e. The van der Waals surface area contributed by atoms with Crippen molar-refractivity contribution < 1.29 is 19.4 Å². The summed E-state index contributed by atoms with van der Waals surface area (Å²) in [5.41, 5.74) is 3.81. The van der Waals surface area contributed by atoms with E-state index in [1.807, 2.05) is 29.0 Å². The number of carbonyl (C=O) groups is 1. The van der Waals surface area contributed by atoms with Crippen molar-refractivity contribution in [3.05, 3.63) is 88.3 Å². The first-order valence-electron chi connectivity index (χ1n) is 24.9. The third-order valence-electron chi connectivity index (χ3n) is 14.5. The summed E-state index contributed by atoms with van der Waals surface area (Å²) in [5, 5.41) is 39.5. The van der Waals surface area contributed by atoms with Crippen molar-refractivity contribution in [3.8, 4) is 17.7 Å². The van der Waals surface area contributed by atoms with Crippen LogP contribution in [-0.2, 0) is 13.0 Å². The number of rotatable bonds is 17. The Hall–Kier alpha value is -5.76. The first-order valence-corrected chi connectivity index (χ1v) is 25.2. The van der Waals surface area contributed by atoms with Crippen LogP contribution < -0.4 is 29.9 Å². The Morgan fingerprint density at radius 3 is 2.44 bits per heavy atom. The molecule has 0 bridgehead atoms. The molecule has 1 saturated carbocycles. The van der Waals surface area contributed by atoms with Gasteiger partial charge in [-0.15, -0.1) is 10.2 Å². The molecule has 9 rings (SSSR count). The predicted octanol–water partition coefficient (Wildman–Crippen LogP) is 7.48. The summed E-state index contributed by atoms with van der Waals surface area (Å²) in [5.74, 6) is 4.93. The van der Waals surface area contributed by atoms with E-state index in [1.165, 1.54) is 6.42 Å². The van der Waals surface area contributed by atoms with Crippen LogP contribution in [0.2, 0.25) is 5.02 Å². The Labute approximate surface area is 404 Å². The summed E-state index contributed by atoms with van der Waals surface area (Å²) >= 11 is 6.17. The number of hydrogen-bond acceptors (Lipinski definition) is 14. The molecule has 4 fully saturated rings. The van der Waals surface area contributed by atoms with Gasteiger partial charge in [0, 0.05) is 81.4 Å². The van der Waals surface area contributed by atoms with Gasteiger partial charge in [-0.25, -0.2) is 9.97 Å². The van der Waals surface area contributed by atoms with Gasteiger partial charge in [-0.05, 0) is 138 Å². The Balaban J connectivity index is 0.663. The van der Waals surface area contributed by atoms with E-state index < -0.39 is 0 Å². The van der Waals surface area contributed by atoms with Crippen molar-refractivity contribution in [1.82, 2.24) is 40.0 Å². The normalized spacial score (nSPS) is 20.8. The van der Waals surface area contributed by atoms with Crippen molar-refractivity contribution in [2.24, 2.45) is 11.8 Å². The molecular weight excluding hydrogens is 880 g/mol. The molecule has 68 heavy (non-hydrogen) atoms. The van der Waals surface area contributed by atoms with Gasteiger partial charge in [0.2, 0.25) is 5.88 Å². The number of aliphatic hydroxyl groups excluding tert-OH is 1. The molecule has 7 heterocycles. The summed E-state index contributed by atoms with van der Waals surface area (Å²) in [6, 6.07) is 17.4. The zero-order chi connectivity index (χ0) is 46.8. The molecule has 17 heteroatoms. The van der Waals surface area contributed by atoms with Crippen LogP contribution in [0.4, 0.5) is 17.5 Å². The number of nitrogens with zero attached hydrogens (tertiary/aromatic N) is 10. The number of fused-ring (bicyclic) bond motifs is 1. The van der Waals surface area contributed by atoms with Crippen molar-refractivity contribution in [3.63, 3.8) is 0 Å². The Morgan fingerprint density at radius 1 is 0.897 bits per heavy atom. The molecule has 4 aliphatic rings. The van der Waals surface area contributed by atoms with Gasteiger partial charge < -0.3 is 39.9 Å². The third kappa shape index (κ3) is 11.7. The lowest BCUT2D eigenvalue weighted by molar-refractivity contribution is 0.0888. The number of piperidine rings is 3. The van der Waals surface area contributed by atoms with E-state index in [0.717, 1.165) is 151 Å². The van der Waals surface area contributed by atoms with Gasteiger partial charge in [-0.3, -0.25) is 4.79 Å². The van der Waals surface area contributed by atoms with Crippen LogP contribution in [0, 0.1) is 23.2 Å². The second-order valence-electron chi connectivity index (χ2n) is 19.1. The zero-order valence-electron chi connectivity index (χ0n) is 39.2. The highest BCUT2D eigenvalue weighted by molar-refractivity contribution is 6.31. The van der Waals surface area contributed by atoms with E-state index >= 15 is 0 Å². The Kier molecular flexibility index (Phi) is 15.7. The van der Waals surface area contributed by atoms with E-state index in [9.17, 15) is 9.90 Å². The van der Waals surface area contributed by atoms with E-state index in [-0.39, 0.29) is 30.7 Å². The van der Waals surface area contributed by atoms with E-state index in [2.05, 4.69) is 70.7 Å². The second kappa shape index (κ2) is 22.6. The molecule has 5 aromatic rings. The van der Waals surface area contributed by atoms with Gasteiger partial charge in [0.1, 0.15) is 23.5 Å². The quantitative estimate of drug-likeness (QED) is 0.0834. The van der Waals surface area contributed by atoms with Gasteiger partial charge in [0.25, 0.3) is 5.91 Å². The van der Waals surface area contributed by atoms with E-state index in [0.29, 0.717) is 52.9 Å². The molecule has 3 aliphatic heterocycles. The number of aliphatic hydroxyl groups is 1. The van der Waals surface area contributed by atoms with Crippen LogP contribution in [0.5, 0.6) is 11.6 Å². The van der Waals surface area contributed by atoms with Gasteiger partial charge in [-0.2, -0.15) is 14.9 Å². The summed E-state index contributed by atoms with van der Waals surface area (Å²) in [7, 11) is 0. The fraction of sp³-hybridized carbons (Fsp3) is 0.549. The highest BCUT2D eigenvalue weighted by Gasteiger charge is 2.29. The lowest BCUT2D eigenvalue weighted by Crippen LogP contribution is -2.42. The highest BCUT2D eigenvalue weighted by atomic mass is 35.5. The number of nitrogens with one attached hydrogen (secondary N) is 2. The minimum atomic E-state index is -0.197. The lowest BCUT2D eigenvalue weighted by Gasteiger charge is -2.37. The average molecular weight is 946 g/mol. The molecule has 4 aromatic heterocycles. The van der Waals surface area contributed by atoms with Gasteiger partial charge in [-0.1, -0.05) is 24.6 Å². The molecule has 0 spiro atoms. The number of amides is 1. The molecule has 360 valence electrons. The molecule has 0 radical (unpaired) electrons. The maximum atomic E-state index is 13.1. The van der Waals surface area contributed by atoms with E-state index in [4.69, 9.17) is 31.3 Å². The molecule has 16 nitrogen and oxygen atoms in total. The summed E-state index contributed by atoms with van der Waals surface area (Å²) < 4.78 is 14.2. The molecule has 1 amide bonds. The van der Waals surface area contributed by atoms with Crippen LogP contribution in [0.25, 0.3) is 5.65 Å². The summed E-state index contributed by atoms with van der Waals surface area (Å²) in [6.07, 6.45) is 16.5. The van der Waals surface area contributed by atoms with Crippen LogP contribution in [0.3, 0.4) is 0 Å². The van der Waals surface area contributed by atoms with Crippen molar-refractivity contribution in [1.29, 1.82) is 5.26 Å². The number of aromatic nitrogens is 6. The highest BCUT2D eigenvalue weighted by Crippen LogP contribution is 2.31. The van der Waals surface area contributed by atoms with Crippen LogP contribution in [-0.4, -0.2) is 116 Å². The number of hydrogen-bond donors (Lipinski definition) is 3. The fourth-order valence-corrected chi connectivity index (χ4v) is 10.6. The number of anilines is 3. The maximum Gasteiger partial charge on any atom is 0.272 e. The van der Waals surface area contributed by atoms with Crippen molar-refractivity contribution in [2.45, 2.75) is 115 Å². The van der Waals surface area contributed by atoms with Crippen LogP contribution >= 0.6 is 11.6 Å². The minimum absolute atomic E-state index is 0.0368. The number of pyridine rings is 1. The third-order valence-corrected chi connectivity index (χ3v) is 14.8. The molecule has 3 saturated heterocycles.